The summed E-state index contributed by atoms with van der Waals surface area (Å²) in [7, 11) is 1.79. The maximum absolute atomic E-state index is 11.9. The SMILES string of the molecule is CNCC(=O)N1CCC(c2ccnc(Nc3ncccn3)n2)CC1. The monoisotopic (exact) mass is 327 g/mol. The molecule has 0 saturated carbocycles. The average molecular weight is 327 g/mol. The zero-order valence-electron chi connectivity index (χ0n) is 13.6. The van der Waals surface area contributed by atoms with Gasteiger partial charge in [-0.05, 0) is 32.0 Å². The molecular weight excluding hydrogens is 306 g/mol. The molecule has 0 aliphatic carbocycles. The predicted molar refractivity (Wildman–Crippen MR) is 89.8 cm³/mol. The molecule has 0 unspecified atom stereocenters. The first-order valence-corrected chi connectivity index (χ1v) is 8.05. The van der Waals surface area contributed by atoms with Gasteiger partial charge in [-0.15, -0.1) is 0 Å². The number of rotatable bonds is 5. The van der Waals surface area contributed by atoms with Gasteiger partial charge in [0.25, 0.3) is 0 Å². The van der Waals surface area contributed by atoms with Gasteiger partial charge in [0, 0.05) is 43.3 Å². The largest absolute Gasteiger partial charge is 0.342 e. The molecule has 8 heteroatoms. The average Bonchev–Trinajstić information content (AvgIpc) is 2.63. The Balaban J connectivity index is 1.62. The lowest BCUT2D eigenvalue weighted by Gasteiger charge is -2.31. The summed E-state index contributed by atoms with van der Waals surface area (Å²) in [6.07, 6.45) is 6.89. The van der Waals surface area contributed by atoms with Gasteiger partial charge >= 0.3 is 0 Å². The van der Waals surface area contributed by atoms with Crippen LogP contribution in [0.5, 0.6) is 0 Å². The van der Waals surface area contributed by atoms with Crippen molar-refractivity contribution in [1.29, 1.82) is 0 Å². The molecular formula is C16H21N7O. The van der Waals surface area contributed by atoms with Crippen LogP contribution in [-0.2, 0) is 4.79 Å². The van der Waals surface area contributed by atoms with E-state index in [9.17, 15) is 4.79 Å². The summed E-state index contributed by atoms with van der Waals surface area (Å²) in [5, 5.41) is 5.92. The summed E-state index contributed by atoms with van der Waals surface area (Å²) in [5.74, 6) is 1.46. The summed E-state index contributed by atoms with van der Waals surface area (Å²) in [5.41, 5.74) is 0.990. The molecule has 0 bridgehead atoms. The first-order chi connectivity index (χ1) is 11.8. The van der Waals surface area contributed by atoms with Gasteiger partial charge in [-0.1, -0.05) is 0 Å². The van der Waals surface area contributed by atoms with Gasteiger partial charge in [0.05, 0.1) is 6.54 Å². The van der Waals surface area contributed by atoms with Crippen molar-refractivity contribution in [3.8, 4) is 0 Å². The number of carbonyl (C=O) groups is 1. The Morgan fingerprint density at radius 2 is 1.88 bits per heavy atom. The minimum Gasteiger partial charge on any atom is -0.342 e. The Morgan fingerprint density at radius 1 is 1.17 bits per heavy atom. The number of carbonyl (C=O) groups excluding carboxylic acids is 1. The van der Waals surface area contributed by atoms with E-state index in [1.54, 1.807) is 31.7 Å². The lowest BCUT2D eigenvalue weighted by molar-refractivity contribution is -0.131. The van der Waals surface area contributed by atoms with Crippen molar-refractivity contribution in [2.45, 2.75) is 18.8 Å². The number of piperidine rings is 1. The standard InChI is InChI=1S/C16H21N7O/c1-17-11-14(24)23-9-4-12(5-10-23)13-3-8-20-16(21-13)22-15-18-6-2-7-19-15/h2-3,6-8,12,17H,4-5,9-11H2,1H3,(H,18,19,20,21,22). The van der Waals surface area contributed by atoms with Crippen LogP contribution in [0.15, 0.2) is 30.7 Å². The Labute approximate surface area is 140 Å². The molecule has 1 amide bonds. The third-order valence-corrected chi connectivity index (χ3v) is 4.06. The number of likely N-dealkylation sites (tertiary alicyclic amines) is 1. The van der Waals surface area contributed by atoms with Gasteiger partial charge in [0.2, 0.25) is 17.8 Å². The van der Waals surface area contributed by atoms with Crippen LogP contribution in [0.1, 0.15) is 24.5 Å². The third kappa shape index (κ3) is 4.02. The second kappa shape index (κ2) is 7.78. The van der Waals surface area contributed by atoms with Gasteiger partial charge < -0.3 is 10.2 Å². The van der Waals surface area contributed by atoms with Gasteiger partial charge in [0.15, 0.2) is 0 Å². The van der Waals surface area contributed by atoms with Crippen LogP contribution in [0.3, 0.4) is 0 Å². The minimum atomic E-state index is 0.155. The van der Waals surface area contributed by atoms with Gasteiger partial charge in [-0.3, -0.25) is 10.1 Å². The fourth-order valence-electron chi connectivity index (χ4n) is 2.81. The molecule has 0 aromatic carbocycles. The first-order valence-electron chi connectivity index (χ1n) is 8.05. The van der Waals surface area contributed by atoms with Crippen LogP contribution in [0.2, 0.25) is 0 Å². The Hall–Kier alpha value is -2.61. The molecule has 0 spiro atoms. The zero-order valence-corrected chi connectivity index (χ0v) is 13.6. The summed E-state index contributed by atoms with van der Waals surface area (Å²) in [6, 6.07) is 3.69. The number of likely N-dealkylation sites (N-methyl/N-ethyl adjacent to an activating group) is 1. The smallest absolute Gasteiger partial charge is 0.236 e. The highest BCUT2D eigenvalue weighted by Crippen LogP contribution is 2.27. The highest BCUT2D eigenvalue weighted by atomic mass is 16.2. The Bertz CT molecular complexity index is 671. The number of hydrogen-bond donors (Lipinski definition) is 2. The van der Waals surface area contributed by atoms with Crippen LogP contribution >= 0.6 is 0 Å². The third-order valence-electron chi connectivity index (χ3n) is 4.06. The normalized spacial score (nSPS) is 15.3. The molecule has 1 saturated heterocycles. The minimum absolute atomic E-state index is 0.155. The highest BCUT2D eigenvalue weighted by Gasteiger charge is 2.24. The van der Waals surface area contributed by atoms with Crippen molar-refractivity contribution in [2.75, 3.05) is 32.0 Å². The number of aromatic nitrogens is 4. The van der Waals surface area contributed by atoms with Crippen molar-refractivity contribution in [3.05, 3.63) is 36.4 Å². The number of nitrogens with zero attached hydrogens (tertiary/aromatic N) is 5. The van der Waals surface area contributed by atoms with E-state index >= 15 is 0 Å². The molecule has 24 heavy (non-hydrogen) atoms. The van der Waals surface area contributed by atoms with Crippen LogP contribution in [-0.4, -0.2) is 57.4 Å². The van der Waals surface area contributed by atoms with E-state index in [1.165, 1.54) is 0 Å². The molecule has 2 aromatic rings. The quantitative estimate of drug-likeness (QED) is 0.843. The molecule has 1 fully saturated rings. The zero-order chi connectivity index (χ0) is 16.8. The van der Waals surface area contributed by atoms with E-state index in [2.05, 4.69) is 30.6 Å². The van der Waals surface area contributed by atoms with Crippen molar-refractivity contribution in [2.24, 2.45) is 0 Å². The highest BCUT2D eigenvalue weighted by molar-refractivity contribution is 5.78. The van der Waals surface area contributed by atoms with Crippen LogP contribution in [0.25, 0.3) is 0 Å². The van der Waals surface area contributed by atoms with Crippen molar-refractivity contribution < 1.29 is 4.79 Å². The maximum atomic E-state index is 11.9. The lowest BCUT2D eigenvalue weighted by atomic mass is 9.93. The predicted octanol–water partition coefficient (Wildman–Crippen LogP) is 0.936. The summed E-state index contributed by atoms with van der Waals surface area (Å²) >= 11 is 0. The van der Waals surface area contributed by atoms with E-state index in [0.717, 1.165) is 31.6 Å². The van der Waals surface area contributed by atoms with E-state index in [0.29, 0.717) is 24.4 Å². The van der Waals surface area contributed by atoms with Gasteiger partial charge in [-0.2, -0.15) is 0 Å². The number of hydrogen-bond acceptors (Lipinski definition) is 7. The van der Waals surface area contributed by atoms with E-state index in [1.807, 2.05) is 11.0 Å². The molecule has 1 aliphatic heterocycles. The van der Waals surface area contributed by atoms with Gasteiger partial charge in [0.1, 0.15) is 0 Å². The first kappa shape index (κ1) is 16.3. The van der Waals surface area contributed by atoms with Gasteiger partial charge in [-0.25, -0.2) is 19.9 Å². The fourth-order valence-corrected chi connectivity index (χ4v) is 2.81. The maximum Gasteiger partial charge on any atom is 0.236 e. The number of anilines is 2. The molecule has 3 heterocycles. The molecule has 2 N–H and O–H groups in total. The van der Waals surface area contributed by atoms with Crippen LogP contribution in [0, 0.1) is 0 Å². The molecule has 126 valence electrons. The fraction of sp³-hybridized carbons (Fsp3) is 0.438. The lowest BCUT2D eigenvalue weighted by Crippen LogP contribution is -2.42. The second-order valence-electron chi connectivity index (χ2n) is 5.69. The summed E-state index contributed by atoms with van der Waals surface area (Å²) in [4.78, 5) is 30.8. The Kier molecular flexibility index (Phi) is 5.27. The van der Waals surface area contributed by atoms with Crippen molar-refractivity contribution in [3.63, 3.8) is 0 Å². The summed E-state index contributed by atoms with van der Waals surface area (Å²) < 4.78 is 0. The molecule has 8 nitrogen and oxygen atoms in total. The second-order valence-corrected chi connectivity index (χ2v) is 5.69. The number of nitrogens with one attached hydrogen (secondary N) is 2. The summed E-state index contributed by atoms with van der Waals surface area (Å²) in [6.45, 7) is 1.92. The van der Waals surface area contributed by atoms with Crippen LogP contribution < -0.4 is 10.6 Å². The van der Waals surface area contributed by atoms with Crippen LogP contribution in [0.4, 0.5) is 11.9 Å². The Morgan fingerprint density at radius 3 is 2.58 bits per heavy atom. The van der Waals surface area contributed by atoms with Crippen molar-refractivity contribution in [1.82, 2.24) is 30.2 Å². The van der Waals surface area contributed by atoms with E-state index in [4.69, 9.17) is 0 Å². The molecule has 3 rings (SSSR count). The number of amides is 1. The molecule has 2 aromatic heterocycles. The molecule has 1 aliphatic rings. The van der Waals surface area contributed by atoms with E-state index in [-0.39, 0.29) is 5.91 Å². The molecule has 0 radical (unpaired) electrons. The molecule has 0 atom stereocenters. The van der Waals surface area contributed by atoms with E-state index < -0.39 is 0 Å². The topological polar surface area (TPSA) is 95.9 Å². The van der Waals surface area contributed by atoms with Crippen molar-refractivity contribution >= 4 is 17.8 Å².